The molecule has 0 atom stereocenters. The first kappa shape index (κ1) is 19.5. The summed E-state index contributed by atoms with van der Waals surface area (Å²) in [4.78, 5) is 24.8. The first-order valence-corrected chi connectivity index (χ1v) is 8.89. The van der Waals surface area contributed by atoms with E-state index in [-0.39, 0.29) is 17.9 Å². The largest absolute Gasteiger partial charge is 0.464 e. The number of methoxy groups -OCH3 is 1. The fraction of sp³-hybridized carbons (Fsp3) is 0.273. The third-order valence-electron chi connectivity index (χ3n) is 4.37. The highest BCUT2D eigenvalue weighted by atomic mass is 16.7. The minimum atomic E-state index is -0.641. The Bertz CT molecular complexity index is 923. The van der Waals surface area contributed by atoms with Crippen molar-refractivity contribution in [3.63, 3.8) is 0 Å². The van der Waals surface area contributed by atoms with Gasteiger partial charge in [-0.05, 0) is 46.9 Å². The Morgan fingerprint density at radius 3 is 2.36 bits per heavy atom. The average Bonchev–Trinajstić information content (AvgIpc) is 3.14. The Balaban J connectivity index is 1.82. The molecule has 6 nitrogen and oxygen atoms in total. The molecule has 0 fully saturated rings. The molecule has 0 spiro atoms. The third kappa shape index (κ3) is 4.34. The van der Waals surface area contributed by atoms with E-state index in [4.69, 9.17) is 14.2 Å². The molecule has 1 heterocycles. The molecule has 0 radical (unpaired) electrons. The number of carbonyl (C=O) groups is 2. The van der Waals surface area contributed by atoms with Crippen molar-refractivity contribution in [3.8, 4) is 11.5 Å². The van der Waals surface area contributed by atoms with Crippen molar-refractivity contribution in [2.75, 3.05) is 13.9 Å². The first-order chi connectivity index (χ1) is 13.3. The summed E-state index contributed by atoms with van der Waals surface area (Å²) in [5.41, 5.74) is 2.27. The highest BCUT2D eigenvalue weighted by molar-refractivity contribution is 6.03. The molecular formula is C22H23NO5. The molecule has 0 saturated carbocycles. The Labute approximate surface area is 164 Å². The molecule has 2 aromatic rings. The molecule has 1 aliphatic heterocycles. The number of nitrogens with one attached hydrogen (secondary N) is 1. The predicted octanol–water partition coefficient (Wildman–Crippen LogP) is 3.66. The summed E-state index contributed by atoms with van der Waals surface area (Å²) < 4.78 is 15.4. The summed E-state index contributed by atoms with van der Waals surface area (Å²) in [7, 11) is 1.26. The van der Waals surface area contributed by atoms with Gasteiger partial charge in [0.2, 0.25) is 6.79 Å². The normalized spacial score (nSPS) is 13.2. The lowest BCUT2D eigenvalue weighted by Gasteiger charge is -2.19. The van der Waals surface area contributed by atoms with Crippen LogP contribution < -0.4 is 14.8 Å². The van der Waals surface area contributed by atoms with Crippen molar-refractivity contribution >= 4 is 18.0 Å². The van der Waals surface area contributed by atoms with Gasteiger partial charge in [-0.3, -0.25) is 4.79 Å². The maximum Gasteiger partial charge on any atom is 0.354 e. The van der Waals surface area contributed by atoms with Crippen molar-refractivity contribution in [2.24, 2.45) is 0 Å². The Kier molecular flexibility index (Phi) is 5.40. The average molecular weight is 381 g/mol. The van der Waals surface area contributed by atoms with E-state index in [1.165, 1.54) is 13.2 Å². The van der Waals surface area contributed by atoms with Gasteiger partial charge in [0, 0.05) is 5.56 Å². The van der Waals surface area contributed by atoms with E-state index in [1.54, 1.807) is 30.3 Å². The topological polar surface area (TPSA) is 73.9 Å². The van der Waals surface area contributed by atoms with Crippen molar-refractivity contribution in [3.05, 3.63) is 64.9 Å². The Morgan fingerprint density at radius 2 is 1.71 bits per heavy atom. The van der Waals surface area contributed by atoms with Crippen LogP contribution in [0.25, 0.3) is 6.08 Å². The van der Waals surface area contributed by atoms with Crippen LogP contribution in [0.15, 0.2) is 48.2 Å². The van der Waals surface area contributed by atoms with Gasteiger partial charge < -0.3 is 19.5 Å². The number of benzene rings is 2. The second-order valence-electron chi connectivity index (χ2n) is 7.44. The molecule has 0 aliphatic carbocycles. The molecule has 3 rings (SSSR count). The lowest BCUT2D eigenvalue weighted by molar-refractivity contribution is -0.136. The van der Waals surface area contributed by atoms with Crippen LogP contribution in [-0.4, -0.2) is 25.8 Å². The van der Waals surface area contributed by atoms with Gasteiger partial charge in [-0.2, -0.15) is 0 Å². The molecule has 28 heavy (non-hydrogen) atoms. The number of esters is 1. The number of fused-ring (bicyclic) bond motifs is 1. The third-order valence-corrected chi connectivity index (χ3v) is 4.37. The molecule has 0 unspecified atom stereocenters. The Hall–Kier alpha value is -3.28. The summed E-state index contributed by atoms with van der Waals surface area (Å²) in [6.07, 6.45) is 1.54. The van der Waals surface area contributed by atoms with Crippen molar-refractivity contribution in [1.29, 1.82) is 0 Å². The summed E-state index contributed by atoms with van der Waals surface area (Å²) in [5, 5.41) is 2.63. The van der Waals surface area contributed by atoms with E-state index in [1.807, 2.05) is 12.1 Å². The number of hydrogen-bond donors (Lipinski definition) is 1. The summed E-state index contributed by atoms with van der Waals surface area (Å²) in [5.74, 6) is 0.192. The minimum absolute atomic E-state index is 0.00849. The second kappa shape index (κ2) is 7.76. The fourth-order valence-corrected chi connectivity index (χ4v) is 2.74. The van der Waals surface area contributed by atoms with Gasteiger partial charge >= 0.3 is 5.97 Å². The van der Waals surface area contributed by atoms with Crippen LogP contribution in [0.2, 0.25) is 0 Å². The van der Waals surface area contributed by atoms with E-state index in [9.17, 15) is 9.59 Å². The molecule has 1 N–H and O–H groups in total. The van der Waals surface area contributed by atoms with Crippen LogP contribution in [0, 0.1) is 0 Å². The molecule has 1 amide bonds. The van der Waals surface area contributed by atoms with Crippen molar-refractivity contribution in [2.45, 2.75) is 26.2 Å². The predicted molar refractivity (Wildman–Crippen MR) is 105 cm³/mol. The molecule has 1 aliphatic rings. The number of carbonyl (C=O) groups excluding carboxylic acids is 2. The summed E-state index contributed by atoms with van der Waals surface area (Å²) >= 11 is 0. The van der Waals surface area contributed by atoms with Gasteiger partial charge in [-0.25, -0.2) is 4.79 Å². The molecule has 2 aromatic carbocycles. The van der Waals surface area contributed by atoms with Crippen LogP contribution >= 0.6 is 0 Å². The minimum Gasteiger partial charge on any atom is -0.464 e. The van der Waals surface area contributed by atoms with Gasteiger partial charge in [0.25, 0.3) is 5.91 Å². The molecule has 0 aromatic heterocycles. The maximum atomic E-state index is 12.6. The van der Waals surface area contributed by atoms with E-state index in [2.05, 4.69) is 26.1 Å². The quantitative estimate of drug-likeness (QED) is 0.646. The van der Waals surface area contributed by atoms with Crippen LogP contribution in [0.4, 0.5) is 0 Å². The fourth-order valence-electron chi connectivity index (χ4n) is 2.74. The number of ether oxygens (including phenoxy) is 3. The highest BCUT2D eigenvalue weighted by Gasteiger charge is 2.18. The van der Waals surface area contributed by atoms with Crippen LogP contribution in [0.5, 0.6) is 11.5 Å². The Morgan fingerprint density at radius 1 is 1.04 bits per heavy atom. The van der Waals surface area contributed by atoms with Crippen LogP contribution in [-0.2, 0) is 14.9 Å². The van der Waals surface area contributed by atoms with Crippen molar-refractivity contribution in [1.82, 2.24) is 5.32 Å². The van der Waals surface area contributed by atoms with Crippen LogP contribution in [0.1, 0.15) is 42.3 Å². The summed E-state index contributed by atoms with van der Waals surface area (Å²) in [6.45, 7) is 6.47. The zero-order valence-corrected chi connectivity index (χ0v) is 16.4. The SMILES string of the molecule is COC(=O)/C(=C/c1ccc2c(c1)OCO2)NC(=O)c1ccc(C(C)(C)C)cc1. The van der Waals surface area contributed by atoms with E-state index < -0.39 is 11.9 Å². The van der Waals surface area contributed by atoms with E-state index in [0.29, 0.717) is 22.6 Å². The molecule has 0 bridgehead atoms. The van der Waals surface area contributed by atoms with Gasteiger partial charge in [-0.15, -0.1) is 0 Å². The second-order valence-corrected chi connectivity index (χ2v) is 7.44. The summed E-state index contributed by atoms with van der Waals surface area (Å²) in [6, 6.07) is 12.5. The van der Waals surface area contributed by atoms with Crippen molar-refractivity contribution < 1.29 is 23.8 Å². The van der Waals surface area contributed by atoms with E-state index >= 15 is 0 Å². The highest BCUT2D eigenvalue weighted by Crippen LogP contribution is 2.33. The number of hydrogen-bond acceptors (Lipinski definition) is 5. The van der Waals surface area contributed by atoms with Crippen LogP contribution in [0.3, 0.4) is 0 Å². The molecule has 0 saturated heterocycles. The van der Waals surface area contributed by atoms with Gasteiger partial charge in [0.15, 0.2) is 11.5 Å². The lowest BCUT2D eigenvalue weighted by atomic mass is 9.87. The number of rotatable bonds is 4. The zero-order chi connectivity index (χ0) is 20.3. The molecule has 146 valence electrons. The zero-order valence-electron chi connectivity index (χ0n) is 16.4. The lowest BCUT2D eigenvalue weighted by Crippen LogP contribution is -2.28. The number of amides is 1. The maximum absolute atomic E-state index is 12.6. The molecular weight excluding hydrogens is 358 g/mol. The van der Waals surface area contributed by atoms with E-state index in [0.717, 1.165) is 5.56 Å². The smallest absolute Gasteiger partial charge is 0.354 e. The molecule has 6 heteroatoms. The first-order valence-electron chi connectivity index (χ1n) is 8.89. The van der Waals surface area contributed by atoms with Gasteiger partial charge in [-0.1, -0.05) is 39.0 Å². The van der Waals surface area contributed by atoms with Gasteiger partial charge in [0.1, 0.15) is 5.70 Å². The standard InChI is InChI=1S/C22H23NO5/c1-22(2,3)16-8-6-15(7-9-16)20(24)23-17(21(25)26-4)11-14-5-10-18-19(12-14)28-13-27-18/h5-12H,13H2,1-4H3,(H,23,24)/b17-11-. The monoisotopic (exact) mass is 381 g/mol. The van der Waals surface area contributed by atoms with Gasteiger partial charge in [0.05, 0.1) is 7.11 Å².